The van der Waals surface area contributed by atoms with Crippen molar-refractivity contribution in [3.05, 3.63) is 42.2 Å². The van der Waals surface area contributed by atoms with Gasteiger partial charge < -0.3 is 10.2 Å². The molecule has 1 N–H and O–H groups in total. The zero-order valence-corrected chi connectivity index (χ0v) is 15.6. The highest BCUT2D eigenvalue weighted by Gasteiger charge is 2.38. The second-order valence-corrected chi connectivity index (χ2v) is 7.89. The van der Waals surface area contributed by atoms with Crippen LogP contribution in [0.15, 0.2) is 36.7 Å². The van der Waals surface area contributed by atoms with E-state index in [2.05, 4.69) is 51.5 Å². The number of aromatic nitrogens is 3. The Labute approximate surface area is 158 Å². The fourth-order valence-corrected chi connectivity index (χ4v) is 4.56. The summed E-state index contributed by atoms with van der Waals surface area (Å²) >= 11 is 0. The minimum Gasteiger partial charge on any atom is -0.351 e. The first-order chi connectivity index (χ1) is 13.1. The molecule has 0 bridgehead atoms. The van der Waals surface area contributed by atoms with Crippen molar-refractivity contribution in [1.29, 1.82) is 0 Å². The number of hydrogen-bond acceptors (Lipinski definition) is 4. The second kappa shape index (κ2) is 7.92. The van der Waals surface area contributed by atoms with Gasteiger partial charge in [-0.1, -0.05) is 37.3 Å². The molecule has 3 heterocycles. The summed E-state index contributed by atoms with van der Waals surface area (Å²) in [4.78, 5) is 6.63. The third-order valence-corrected chi connectivity index (χ3v) is 6.00. The fourth-order valence-electron chi connectivity index (χ4n) is 4.56. The Morgan fingerprint density at radius 1 is 1.26 bits per heavy atom. The summed E-state index contributed by atoms with van der Waals surface area (Å²) in [5.74, 6) is 1.29. The number of anilines is 1. The largest absolute Gasteiger partial charge is 0.351 e. The maximum atomic E-state index is 13.5. The van der Waals surface area contributed by atoms with Gasteiger partial charge in [-0.15, -0.1) is 0 Å². The van der Waals surface area contributed by atoms with Crippen LogP contribution in [0.1, 0.15) is 43.7 Å². The summed E-state index contributed by atoms with van der Waals surface area (Å²) < 4.78 is 28.4. The Morgan fingerprint density at radius 3 is 2.85 bits per heavy atom. The first kappa shape index (κ1) is 18.3. The van der Waals surface area contributed by atoms with Gasteiger partial charge in [-0.2, -0.15) is 10.1 Å². The van der Waals surface area contributed by atoms with Gasteiger partial charge in [0.2, 0.25) is 5.95 Å². The molecule has 7 heteroatoms. The average molecular weight is 375 g/mol. The highest BCUT2D eigenvalue weighted by molar-refractivity contribution is 5.29. The monoisotopic (exact) mass is 375 g/mol. The van der Waals surface area contributed by atoms with Crippen LogP contribution in [0.5, 0.6) is 0 Å². The SMILES string of the molecule is CC(CN1CCCC([C@@H]2C[C@H](C(F)F)n3ncnc3N2)C1)c1ccccc1. The fraction of sp³-hybridized carbons (Fsp3) is 0.600. The van der Waals surface area contributed by atoms with Crippen LogP contribution in [0.3, 0.4) is 0 Å². The van der Waals surface area contributed by atoms with Crippen molar-refractivity contribution in [2.45, 2.75) is 50.6 Å². The number of rotatable bonds is 5. The van der Waals surface area contributed by atoms with Crippen molar-refractivity contribution in [2.75, 3.05) is 25.0 Å². The smallest absolute Gasteiger partial charge is 0.260 e. The van der Waals surface area contributed by atoms with E-state index >= 15 is 0 Å². The molecular formula is C20H27F2N5. The van der Waals surface area contributed by atoms with Crippen LogP contribution < -0.4 is 5.32 Å². The van der Waals surface area contributed by atoms with E-state index in [1.54, 1.807) is 0 Å². The lowest BCUT2D eigenvalue weighted by Crippen LogP contribution is -2.47. The van der Waals surface area contributed by atoms with Gasteiger partial charge >= 0.3 is 0 Å². The number of fused-ring (bicyclic) bond motifs is 1. The molecule has 1 aromatic heterocycles. The van der Waals surface area contributed by atoms with E-state index in [1.165, 1.54) is 16.6 Å². The van der Waals surface area contributed by atoms with Crippen molar-refractivity contribution >= 4 is 5.95 Å². The van der Waals surface area contributed by atoms with E-state index < -0.39 is 12.5 Å². The highest BCUT2D eigenvalue weighted by Crippen LogP contribution is 2.35. The van der Waals surface area contributed by atoms with E-state index in [4.69, 9.17) is 0 Å². The van der Waals surface area contributed by atoms with Crippen molar-refractivity contribution < 1.29 is 8.78 Å². The summed E-state index contributed by atoms with van der Waals surface area (Å²) in [5, 5.41) is 7.35. The molecule has 0 radical (unpaired) electrons. The number of likely N-dealkylation sites (tertiary alicyclic amines) is 1. The van der Waals surface area contributed by atoms with Crippen molar-refractivity contribution in [3.8, 4) is 0 Å². The zero-order chi connectivity index (χ0) is 18.8. The Balaban J connectivity index is 1.41. The van der Waals surface area contributed by atoms with Crippen LogP contribution in [-0.4, -0.2) is 51.8 Å². The topological polar surface area (TPSA) is 46.0 Å². The lowest BCUT2D eigenvalue weighted by molar-refractivity contribution is 0.0552. The molecule has 2 aromatic rings. The van der Waals surface area contributed by atoms with Crippen LogP contribution in [-0.2, 0) is 0 Å². The maximum absolute atomic E-state index is 13.5. The number of piperidine rings is 1. The number of halogens is 2. The van der Waals surface area contributed by atoms with Gasteiger partial charge in [0, 0.05) is 19.1 Å². The predicted molar refractivity (Wildman–Crippen MR) is 101 cm³/mol. The summed E-state index contributed by atoms with van der Waals surface area (Å²) in [7, 11) is 0. The first-order valence-electron chi connectivity index (χ1n) is 9.83. The van der Waals surface area contributed by atoms with E-state index in [9.17, 15) is 8.78 Å². The van der Waals surface area contributed by atoms with Gasteiger partial charge in [0.1, 0.15) is 12.4 Å². The van der Waals surface area contributed by atoms with Crippen LogP contribution >= 0.6 is 0 Å². The predicted octanol–water partition coefficient (Wildman–Crippen LogP) is 3.78. The molecule has 146 valence electrons. The van der Waals surface area contributed by atoms with E-state index in [1.807, 2.05) is 6.07 Å². The van der Waals surface area contributed by atoms with Gasteiger partial charge in [0.05, 0.1) is 0 Å². The number of nitrogens with zero attached hydrogens (tertiary/aromatic N) is 4. The molecule has 1 saturated heterocycles. The Morgan fingerprint density at radius 2 is 2.07 bits per heavy atom. The molecule has 2 aliphatic heterocycles. The molecule has 0 saturated carbocycles. The molecule has 4 atom stereocenters. The molecule has 5 nitrogen and oxygen atoms in total. The van der Waals surface area contributed by atoms with Gasteiger partial charge in [-0.3, -0.25) is 0 Å². The molecule has 0 amide bonds. The number of nitrogens with one attached hydrogen (secondary N) is 1. The molecule has 1 fully saturated rings. The molecule has 2 unspecified atom stereocenters. The Bertz CT molecular complexity index is 735. The van der Waals surface area contributed by atoms with Crippen LogP contribution in [0, 0.1) is 5.92 Å². The standard InChI is InChI=1S/C20H27F2N5/c1-14(15-6-3-2-4-7-15)11-26-9-5-8-16(12-26)17-10-18(19(21)22)27-20(25-17)23-13-24-27/h2-4,6-7,13-14,16-19H,5,8-12H2,1H3,(H,23,24,25)/t14?,16?,17-,18+/m0/s1. The van der Waals surface area contributed by atoms with Crippen molar-refractivity contribution in [2.24, 2.45) is 5.92 Å². The van der Waals surface area contributed by atoms with Crippen LogP contribution in [0.25, 0.3) is 0 Å². The molecule has 1 aromatic carbocycles. The molecule has 2 aliphatic rings. The summed E-state index contributed by atoms with van der Waals surface area (Å²) in [6.45, 7) is 5.28. The van der Waals surface area contributed by atoms with E-state index in [-0.39, 0.29) is 6.04 Å². The van der Waals surface area contributed by atoms with Gasteiger partial charge in [0.15, 0.2) is 0 Å². The van der Waals surface area contributed by atoms with Gasteiger partial charge in [-0.05, 0) is 43.2 Å². The van der Waals surface area contributed by atoms with Crippen molar-refractivity contribution in [1.82, 2.24) is 19.7 Å². The minimum absolute atomic E-state index is 0.0236. The molecule has 0 aliphatic carbocycles. The average Bonchev–Trinajstić information content (AvgIpc) is 3.16. The maximum Gasteiger partial charge on any atom is 0.260 e. The third kappa shape index (κ3) is 3.98. The summed E-state index contributed by atoms with van der Waals surface area (Å²) in [5.41, 5.74) is 1.35. The summed E-state index contributed by atoms with van der Waals surface area (Å²) in [6, 6.07) is 9.70. The number of hydrogen-bond donors (Lipinski definition) is 1. The third-order valence-electron chi connectivity index (χ3n) is 6.00. The Kier molecular flexibility index (Phi) is 5.38. The second-order valence-electron chi connectivity index (χ2n) is 7.89. The number of alkyl halides is 2. The van der Waals surface area contributed by atoms with Gasteiger partial charge in [0.25, 0.3) is 6.43 Å². The molecular weight excluding hydrogens is 348 g/mol. The first-order valence-corrected chi connectivity index (χ1v) is 9.83. The summed E-state index contributed by atoms with van der Waals surface area (Å²) in [6.07, 6.45) is 1.51. The van der Waals surface area contributed by atoms with E-state index in [0.717, 1.165) is 32.5 Å². The van der Waals surface area contributed by atoms with Crippen LogP contribution in [0.2, 0.25) is 0 Å². The van der Waals surface area contributed by atoms with E-state index in [0.29, 0.717) is 24.2 Å². The molecule has 27 heavy (non-hydrogen) atoms. The Hall–Kier alpha value is -2.02. The normalized spacial score (nSPS) is 27.2. The molecule has 4 rings (SSSR count). The minimum atomic E-state index is -2.42. The number of benzene rings is 1. The van der Waals surface area contributed by atoms with Crippen LogP contribution in [0.4, 0.5) is 14.7 Å². The lowest BCUT2D eigenvalue weighted by atomic mass is 9.85. The zero-order valence-electron chi connectivity index (χ0n) is 15.6. The quantitative estimate of drug-likeness (QED) is 0.864. The highest BCUT2D eigenvalue weighted by atomic mass is 19.3. The van der Waals surface area contributed by atoms with Crippen molar-refractivity contribution in [3.63, 3.8) is 0 Å². The molecule has 0 spiro atoms. The lowest BCUT2D eigenvalue weighted by Gasteiger charge is -2.41. The van der Waals surface area contributed by atoms with Gasteiger partial charge in [-0.25, -0.2) is 13.5 Å².